The molecule has 1 amide bonds. The Morgan fingerprint density at radius 1 is 1.52 bits per heavy atom. The van der Waals surface area contributed by atoms with E-state index in [4.69, 9.17) is 9.15 Å². The van der Waals surface area contributed by atoms with Crippen molar-refractivity contribution < 1.29 is 13.9 Å². The van der Waals surface area contributed by atoms with Gasteiger partial charge >= 0.3 is 0 Å². The van der Waals surface area contributed by atoms with Crippen molar-refractivity contribution >= 4 is 22.5 Å². The lowest BCUT2D eigenvalue weighted by molar-refractivity contribution is -0.122. The largest absolute Gasteiger partial charge is 0.500 e. The second kappa shape index (κ2) is 5.99. The third-order valence-corrected chi connectivity index (χ3v) is 3.42. The van der Waals surface area contributed by atoms with Gasteiger partial charge in [-0.25, -0.2) is 4.68 Å². The average Bonchev–Trinajstić information content (AvgIpc) is 3.09. The van der Waals surface area contributed by atoms with Gasteiger partial charge in [0, 0.05) is 12.1 Å². The highest BCUT2D eigenvalue weighted by Crippen LogP contribution is 2.19. The fourth-order valence-corrected chi connectivity index (χ4v) is 2.46. The molecule has 0 radical (unpaired) electrons. The predicted molar refractivity (Wildman–Crippen MR) is 83.1 cm³/mol. The first-order valence-corrected chi connectivity index (χ1v) is 7.07. The van der Waals surface area contributed by atoms with Gasteiger partial charge in [-0.1, -0.05) is 6.58 Å². The van der Waals surface area contributed by atoms with Gasteiger partial charge in [-0.3, -0.25) is 14.0 Å². The Morgan fingerprint density at radius 3 is 3.13 bits per heavy atom. The summed E-state index contributed by atoms with van der Waals surface area (Å²) in [5.74, 6) is 0.282. The Hall–Kier alpha value is -3.03. The monoisotopic (exact) mass is 316 g/mol. The maximum atomic E-state index is 12.5. The Morgan fingerprint density at radius 2 is 2.35 bits per heavy atom. The van der Waals surface area contributed by atoms with Crippen molar-refractivity contribution in [3.05, 3.63) is 47.4 Å². The zero-order chi connectivity index (χ0) is 16.4. The summed E-state index contributed by atoms with van der Waals surface area (Å²) in [6, 6.07) is 3.42. The summed E-state index contributed by atoms with van der Waals surface area (Å²) in [5.41, 5.74) is 1.46. The maximum absolute atomic E-state index is 12.5. The summed E-state index contributed by atoms with van der Waals surface area (Å²) in [7, 11) is 0. The molecule has 0 fully saturated rings. The topological polar surface area (TPSA) is 90.8 Å². The van der Waals surface area contributed by atoms with E-state index < -0.39 is 0 Å². The fourth-order valence-electron chi connectivity index (χ4n) is 2.46. The minimum absolute atomic E-state index is 0.156. The Kier molecular flexibility index (Phi) is 3.88. The SMILES string of the molecule is C=COCCNC(=O)Cn1nc(C)n2c(cc3occc32)c1=O. The number of amides is 1. The molecule has 0 unspecified atom stereocenters. The highest BCUT2D eigenvalue weighted by molar-refractivity contribution is 5.82. The van der Waals surface area contributed by atoms with Crippen LogP contribution in [0.4, 0.5) is 0 Å². The van der Waals surface area contributed by atoms with Crippen molar-refractivity contribution in [3.8, 4) is 0 Å². The molecule has 0 atom stereocenters. The number of aromatic nitrogens is 3. The van der Waals surface area contributed by atoms with Crippen LogP contribution >= 0.6 is 0 Å². The average molecular weight is 316 g/mol. The highest BCUT2D eigenvalue weighted by atomic mass is 16.5. The van der Waals surface area contributed by atoms with Crippen molar-refractivity contribution in [2.75, 3.05) is 13.2 Å². The number of nitrogens with one attached hydrogen (secondary N) is 1. The van der Waals surface area contributed by atoms with Crippen LogP contribution in [0.1, 0.15) is 5.82 Å². The summed E-state index contributed by atoms with van der Waals surface area (Å²) in [4.78, 5) is 24.4. The van der Waals surface area contributed by atoms with Gasteiger partial charge in [-0.15, -0.1) is 0 Å². The molecule has 0 spiro atoms. The number of rotatable bonds is 6. The molecule has 0 bridgehead atoms. The van der Waals surface area contributed by atoms with Gasteiger partial charge in [0.25, 0.3) is 5.56 Å². The van der Waals surface area contributed by atoms with E-state index >= 15 is 0 Å². The number of hydrogen-bond acceptors (Lipinski definition) is 5. The van der Waals surface area contributed by atoms with E-state index in [0.29, 0.717) is 30.1 Å². The summed E-state index contributed by atoms with van der Waals surface area (Å²) in [5, 5.41) is 6.85. The number of furan rings is 1. The van der Waals surface area contributed by atoms with Crippen molar-refractivity contribution in [2.45, 2.75) is 13.5 Å². The van der Waals surface area contributed by atoms with Crippen LogP contribution in [0, 0.1) is 6.92 Å². The Bertz CT molecular complexity index is 934. The molecular weight excluding hydrogens is 300 g/mol. The van der Waals surface area contributed by atoms with Gasteiger partial charge in [-0.2, -0.15) is 5.10 Å². The van der Waals surface area contributed by atoms with Crippen LogP contribution in [0.25, 0.3) is 16.6 Å². The van der Waals surface area contributed by atoms with E-state index in [-0.39, 0.29) is 18.0 Å². The molecule has 23 heavy (non-hydrogen) atoms. The molecule has 0 saturated heterocycles. The molecule has 0 aliphatic heterocycles. The van der Waals surface area contributed by atoms with E-state index in [1.807, 2.05) is 0 Å². The molecule has 0 saturated carbocycles. The molecule has 120 valence electrons. The third-order valence-electron chi connectivity index (χ3n) is 3.42. The minimum atomic E-state index is -0.348. The smallest absolute Gasteiger partial charge is 0.291 e. The van der Waals surface area contributed by atoms with E-state index in [2.05, 4.69) is 17.0 Å². The number of aryl methyl sites for hydroxylation is 1. The van der Waals surface area contributed by atoms with Crippen molar-refractivity contribution in [1.29, 1.82) is 0 Å². The second-order valence-electron chi connectivity index (χ2n) is 4.93. The number of carbonyl (C=O) groups excluding carboxylic acids is 1. The van der Waals surface area contributed by atoms with Gasteiger partial charge < -0.3 is 14.5 Å². The zero-order valence-corrected chi connectivity index (χ0v) is 12.6. The van der Waals surface area contributed by atoms with Crippen molar-refractivity contribution in [1.82, 2.24) is 19.5 Å². The first-order valence-electron chi connectivity index (χ1n) is 7.07. The lowest BCUT2D eigenvalue weighted by Crippen LogP contribution is -2.36. The number of carbonyl (C=O) groups is 1. The van der Waals surface area contributed by atoms with Crippen LogP contribution in [-0.4, -0.2) is 33.2 Å². The molecule has 8 nitrogen and oxygen atoms in total. The van der Waals surface area contributed by atoms with Crippen LogP contribution in [0.5, 0.6) is 0 Å². The molecule has 3 rings (SSSR count). The molecule has 0 aliphatic carbocycles. The first kappa shape index (κ1) is 14.9. The summed E-state index contributed by atoms with van der Waals surface area (Å²) >= 11 is 0. The molecular formula is C15H16N4O4. The van der Waals surface area contributed by atoms with Crippen LogP contribution in [0.2, 0.25) is 0 Å². The Labute approximate surface area is 130 Å². The fraction of sp³-hybridized carbons (Fsp3) is 0.267. The van der Waals surface area contributed by atoms with Gasteiger partial charge in [-0.05, 0) is 6.92 Å². The summed E-state index contributed by atoms with van der Waals surface area (Å²) < 4.78 is 13.1. The van der Waals surface area contributed by atoms with Crippen LogP contribution in [-0.2, 0) is 16.1 Å². The van der Waals surface area contributed by atoms with Crippen LogP contribution in [0.15, 0.2) is 40.4 Å². The molecule has 0 aliphatic rings. The van der Waals surface area contributed by atoms with E-state index in [0.717, 1.165) is 10.2 Å². The highest BCUT2D eigenvalue weighted by Gasteiger charge is 2.15. The van der Waals surface area contributed by atoms with Gasteiger partial charge in [0.2, 0.25) is 5.91 Å². The molecule has 3 aromatic rings. The normalized spacial score (nSPS) is 11.0. The number of fused-ring (bicyclic) bond motifs is 3. The molecule has 3 aromatic heterocycles. The summed E-state index contributed by atoms with van der Waals surface area (Å²) in [6.07, 6.45) is 2.86. The number of ether oxygens (including phenoxy) is 1. The standard InChI is InChI=1S/C15H16N4O4/c1-3-22-7-5-16-14(20)9-18-15(21)12-8-13-11(4-6-23-13)19(12)10(2)17-18/h3-4,6,8H,1,5,7,9H2,2H3,(H,16,20). The van der Waals surface area contributed by atoms with E-state index in [9.17, 15) is 9.59 Å². The lowest BCUT2D eigenvalue weighted by atomic mass is 10.5. The van der Waals surface area contributed by atoms with Gasteiger partial charge in [0.15, 0.2) is 5.58 Å². The van der Waals surface area contributed by atoms with Gasteiger partial charge in [0.05, 0.1) is 24.6 Å². The zero-order valence-electron chi connectivity index (χ0n) is 12.6. The molecule has 1 N–H and O–H groups in total. The van der Waals surface area contributed by atoms with Crippen molar-refractivity contribution in [3.63, 3.8) is 0 Å². The number of hydrogen-bond donors (Lipinski definition) is 1. The molecule has 0 aromatic carbocycles. The van der Waals surface area contributed by atoms with Crippen molar-refractivity contribution in [2.24, 2.45) is 0 Å². The maximum Gasteiger partial charge on any atom is 0.291 e. The lowest BCUT2D eigenvalue weighted by Gasteiger charge is -2.09. The number of nitrogens with zero attached hydrogens (tertiary/aromatic N) is 3. The van der Waals surface area contributed by atoms with Gasteiger partial charge in [0.1, 0.15) is 24.5 Å². The quantitative estimate of drug-likeness (QED) is 0.537. The minimum Gasteiger partial charge on any atom is -0.500 e. The third kappa shape index (κ3) is 2.70. The first-order chi connectivity index (χ1) is 11.1. The van der Waals surface area contributed by atoms with E-state index in [1.54, 1.807) is 29.7 Å². The molecule has 8 heteroatoms. The molecule has 3 heterocycles. The van der Waals surface area contributed by atoms with Crippen LogP contribution in [0.3, 0.4) is 0 Å². The summed E-state index contributed by atoms with van der Waals surface area (Å²) in [6.45, 7) is 5.68. The predicted octanol–water partition coefficient (Wildman–Crippen LogP) is 0.827. The van der Waals surface area contributed by atoms with E-state index in [1.165, 1.54) is 6.26 Å². The Balaban J connectivity index is 1.87. The second-order valence-corrected chi connectivity index (χ2v) is 4.93. The van der Waals surface area contributed by atoms with Crippen LogP contribution < -0.4 is 10.9 Å².